The average molecular weight is 548 g/mol. The Kier molecular flexibility index (Phi) is 8.47. The third kappa shape index (κ3) is 5.88. The third-order valence-corrected chi connectivity index (χ3v) is 7.79. The lowest BCUT2D eigenvalue weighted by atomic mass is 10.1. The predicted octanol–water partition coefficient (Wildman–Crippen LogP) is 4.94. The van der Waals surface area contributed by atoms with Crippen molar-refractivity contribution in [2.24, 2.45) is 0 Å². The van der Waals surface area contributed by atoms with E-state index in [9.17, 15) is 9.59 Å². The normalized spacial score (nSPS) is 16.2. The van der Waals surface area contributed by atoms with E-state index in [2.05, 4.69) is 27.1 Å². The van der Waals surface area contributed by atoms with E-state index in [1.54, 1.807) is 24.7 Å². The summed E-state index contributed by atoms with van der Waals surface area (Å²) >= 11 is 0. The first-order valence-corrected chi connectivity index (χ1v) is 14.1. The minimum atomic E-state index is -0.884. The zero-order valence-electron chi connectivity index (χ0n) is 23.2. The molecule has 11 nitrogen and oxygen atoms in total. The van der Waals surface area contributed by atoms with E-state index in [1.165, 1.54) is 4.90 Å². The van der Waals surface area contributed by atoms with Crippen LogP contribution in [0.15, 0.2) is 35.6 Å². The number of hydrogen-bond acceptors (Lipinski definition) is 8. The Bertz CT molecular complexity index is 1420. The van der Waals surface area contributed by atoms with Crippen molar-refractivity contribution in [2.45, 2.75) is 58.4 Å². The van der Waals surface area contributed by atoms with Crippen LogP contribution in [-0.2, 0) is 4.74 Å². The summed E-state index contributed by atoms with van der Waals surface area (Å²) in [6.07, 6.45) is 12.2. The molecule has 1 aliphatic heterocycles. The van der Waals surface area contributed by atoms with E-state index in [0.29, 0.717) is 55.8 Å². The topological polar surface area (TPSA) is 126 Å². The zero-order chi connectivity index (χ0) is 28.1. The van der Waals surface area contributed by atoms with Crippen molar-refractivity contribution in [2.75, 3.05) is 43.0 Å². The van der Waals surface area contributed by atoms with Crippen LogP contribution >= 0.6 is 0 Å². The second-order valence-corrected chi connectivity index (χ2v) is 10.4. The van der Waals surface area contributed by atoms with Gasteiger partial charge in [-0.15, -0.1) is 0 Å². The summed E-state index contributed by atoms with van der Waals surface area (Å²) in [5.74, 6) is 0.960. The highest BCUT2D eigenvalue weighted by molar-refractivity contribution is 5.83. The molecule has 3 aromatic heterocycles. The number of ether oxygens (including phenoxy) is 1. The van der Waals surface area contributed by atoms with Gasteiger partial charge in [-0.05, 0) is 50.0 Å². The number of hydrogen-bond donors (Lipinski definition) is 2. The summed E-state index contributed by atoms with van der Waals surface area (Å²) < 4.78 is 7.45. The van der Waals surface area contributed by atoms with Crippen LogP contribution < -0.4 is 15.8 Å². The van der Waals surface area contributed by atoms with E-state index in [0.717, 1.165) is 55.2 Å². The number of amides is 1. The van der Waals surface area contributed by atoms with Gasteiger partial charge in [0.15, 0.2) is 0 Å². The number of pyridine rings is 2. The summed E-state index contributed by atoms with van der Waals surface area (Å²) in [6.45, 7) is 6.84. The predicted molar refractivity (Wildman–Crippen MR) is 155 cm³/mol. The molecule has 3 aromatic rings. The number of carboxylic acid groups (broad SMARTS) is 1. The van der Waals surface area contributed by atoms with Gasteiger partial charge in [-0.2, -0.15) is 4.98 Å². The monoisotopic (exact) mass is 547 g/mol. The van der Waals surface area contributed by atoms with Gasteiger partial charge in [0.25, 0.3) is 5.56 Å². The number of nitrogens with one attached hydrogen (secondary N) is 1. The Morgan fingerprint density at radius 1 is 1.15 bits per heavy atom. The maximum Gasteiger partial charge on any atom is 0.407 e. The fourth-order valence-corrected chi connectivity index (χ4v) is 5.44. The first-order valence-electron chi connectivity index (χ1n) is 14.1. The minimum absolute atomic E-state index is 0.0534. The van der Waals surface area contributed by atoms with Crippen LogP contribution in [0, 0.1) is 6.92 Å². The fraction of sp³-hybridized carbons (Fsp3) is 0.483. The van der Waals surface area contributed by atoms with Gasteiger partial charge in [-0.25, -0.2) is 14.8 Å². The van der Waals surface area contributed by atoms with Crippen LogP contribution in [0.25, 0.3) is 17.1 Å². The van der Waals surface area contributed by atoms with Gasteiger partial charge in [0.1, 0.15) is 11.5 Å². The highest BCUT2D eigenvalue weighted by Gasteiger charge is 2.24. The Labute approximate surface area is 233 Å². The molecule has 1 saturated heterocycles. The Morgan fingerprint density at radius 3 is 2.60 bits per heavy atom. The first-order chi connectivity index (χ1) is 19.5. The van der Waals surface area contributed by atoms with Crippen LogP contribution in [-0.4, -0.2) is 68.4 Å². The molecular weight excluding hydrogens is 510 g/mol. The second-order valence-electron chi connectivity index (χ2n) is 10.4. The molecule has 0 atom stereocenters. The smallest absolute Gasteiger partial charge is 0.407 e. The van der Waals surface area contributed by atoms with E-state index in [-0.39, 0.29) is 11.6 Å². The molecule has 2 N–H and O–H groups in total. The van der Waals surface area contributed by atoms with Gasteiger partial charge >= 0.3 is 6.09 Å². The molecule has 5 rings (SSSR count). The van der Waals surface area contributed by atoms with Crippen LogP contribution in [0.5, 0.6) is 0 Å². The van der Waals surface area contributed by atoms with Crippen LogP contribution in [0.1, 0.15) is 62.6 Å². The highest BCUT2D eigenvalue weighted by Crippen LogP contribution is 2.32. The molecule has 11 heteroatoms. The van der Waals surface area contributed by atoms with E-state index < -0.39 is 6.09 Å². The number of fused-ring (bicyclic) bond motifs is 1. The molecule has 212 valence electrons. The van der Waals surface area contributed by atoms with Gasteiger partial charge in [-0.3, -0.25) is 9.36 Å². The number of carbonyl (C=O) groups is 1. The highest BCUT2D eigenvalue weighted by atomic mass is 16.5. The van der Waals surface area contributed by atoms with Crippen molar-refractivity contribution in [3.63, 3.8) is 0 Å². The van der Waals surface area contributed by atoms with Crippen molar-refractivity contribution in [1.29, 1.82) is 0 Å². The lowest BCUT2D eigenvalue weighted by Gasteiger charge is -2.34. The largest absolute Gasteiger partial charge is 0.501 e. The summed E-state index contributed by atoms with van der Waals surface area (Å²) in [4.78, 5) is 42.4. The maximum absolute atomic E-state index is 13.7. The molecule has 2 fully saturated rings. The molecule has 0 aromatic carbocycles. The zero-order valence-corrected chi connectivity index (χ0v) is 23.2. The summed E-state index contributed by atoms with van der Waals surface area (Å²) in [7, 11) is 0. The van der Waals surface area contributed by atoms with Gasteiger partial charge in [0.2, 0.25) is 5.95 Å². The average Bonchev–Trinajstić information content (AvgIpc) is 3.49. The molecule has 0 bridgehead atoms. The number of anilines is 3. The summed E-state index contributed by atoms with van der Waals surface area (Å²) in [5.41, 5.74) is 2.95. The SMILES string of the molecule is CCCCOC=Cc1c(C)c2cnc(Nc3ccc(N4CCN(C(=O)O)CC4)cn3)nc2n(C2CCCC2)c1=O. The van der Waals surface area contributed by atoms with Gasteiger partial charge in [0.05, 0.1) is 24.8 Å². The van der Waals surface area contributed by atoms with Gasteiger partial charge < -0.3 is 25.0 Å². The van der Waals surface area contributed by atoms with Gasteiger partial charge in [0, 0.05) is 49.4 Å². The van der Waals surface area contributed by atoms with Crippen LogP contribution in [0.3, 0.4) is 0 Å². The number of aromatic nitrogens is 4. The molecule has 1 amide bonds. The molecule has 0 radical (unpaired) electrons. The second kappa shape index (κ2) is 12.4. The lowest BCUT2D eigenvalue weighted by Crippen LogP contribution is -2.48. The van der Waals surface area contributed by atoms with E-state index >= 15 is 0 Å². The molecule has 1 aliphatic carbocycles. The molecule has 1 saturated carbocycles. The summed E-state index contributed by atoms with van der Waals surface area (Å²) in [5, 5.41) is 13.2. The van der Waals surface area contributed by atoms with Crippen molar-refractivity contribution >= 4 is 40.7 Å². The van der Waals surface area contributed by atoms with Gasteiger partial charge in [-0.1, -0.05) is 26.2 Å². The van der Waals surface area contributed by atoms with Crippen LogP contribution in [0.4, 0.5) is 22.2 Å². The van der Waals surface area contributed by atoms with Crippen molar-refractivity contribution in [3.8, 4) is 0 Å². The molecule has 0 spiro atoms. The van der Waals surface area contributed by atoms with E-state index in [1.807, 2.05) is 23.6 Å². The fourth-order valence-electron chi connectivity index (χ4n) is 5.44. The molecule has 2 aliphatic rings. The molecule has 40 heavy (non-hydrogen) atoms. The number of rotatable bonds is 9. The Hall–Kier alpha value is -4.15. The standard InChI is InChI=1S/C29H37N7O4/c1-3-4-16-40-17-11-23-20(2)24-19-31-28(33-26(24)36(27(23)37)21-7-5-6-8-21)32-25-10-9-22(18-30-25)34-12-14-35(15-13-34)29(38)39/h9-11,17-19,21H,3-8,12-16H2,1-2H3,(H,38,39)(H,30,31,32,33). The minimum Gasteiger partial charge on any atom is -0.501 e. The van der Waals surface area contributed by atoms with Crippen molar-refractivity contribution < 1.29 is 14.6 Å². The summed E-state index contributed by atoms with van der Waals surface area (Å²) in [6, 6.07) is 3.91. The number of piperazine rings is 1. The first kappa shape index (κ1) is 27.4. The number of unbranched alkanes of at least 4 members (excludes halogenated alkanes) is 1. The quantitative estimate of drug-likeness (QED) is 0.283. The Morgan fingerprint density at radius 2 is 1.93 bits per heavy atom. The number of nitrogens with zero attached hydrogens (tertiary/aromatic N) is 6. The lowest BCUT2D eigenvalue weighted by molar-refractivity contribution is 0.142. The van der Waals surface area contributed by atoms with E-state index in [4.69, 9.17) is 14.8 Å². The Balaban J connectivity index is 1.39. The molecule has 4 heterocycles. The third-order valence-electron chi connectivity index (χ3n) is 7.79. The number of aryl methyl sites for hydroxylation is 1. The van der Waals surface area contributed by atoms with Crippen LogP contribution in [0.2, 0.25) is 0 Å². The van der Waals surface area contributed by atoms with Crippen molar-refractivity contribution in [3.05, 3.63) is 52.3 Å². The molecule has 0 unspecified atom stereocenters. The molecular formula is C29H37N7O4. The maximum atomic E-state index is 13.7. The van der Waals surface area contributed by atoms with Crippen molar-refractivity contribution in [1.82, 2.24) is 24.4 Å².